The normalized spacial score (nSPS) is 10.9. The van der Waals surface area contributed by atoms with Crippen molar-refractivity contribution in [3.05, 3.63) is 88.7 Å². The summed E-state index contributed by atoms with van der Waals surface area (Å²) in [7, 11) is 0. The van der Waals surface area contributed by atoms with E-state index >= 15 is 0 Å². The molecule has 0 saturated carbocycles. The predicted molar refractivity (Wildman–Crippen MR) is 99.5 cm³/mol. The minimum absolute atomic E-state index is 0.0167. The van der Waals surface area contributed by atoms with Gasteiger partial charge in [0.15, 0.2) is 0 Å². The molecule has 0 atom stereocenters. The van der Waals surface area contributed by atoms with E-state index in [-0.39, 0.29) is 5.69 Å². The second kappa shape index (κ2) is 6.60. The summed E-state index contributed by atoms with van der Waals surface area (Å²) >= 11 is 0. The number of halogens is 2. The van der Waals surface area contributed by atoms with E-state index in [0.717, 1.165) is 12.1 Å². The number of hydrogen-bond acceptors (Lipinski definition) is 4. The average molecular weight is 364 g/mol. The van der Waals surface area contributed by atoms with Gasteiger partial charge in [-0.3, -0.25) is 14.3 Å². The number of anilines is 2. The summed E-state index contributed by atoms with van der Waals surface area (Å²) in [6, 6.07) is 10.1. The Morgan fingerprint density at radius 3 is 2.67 bits per heavy atom. The molecule has 0 unspecified atom stereocenters. The summed E-state index contributed by atoms with van der Waals surface area (Å²) in [5, 5.41) is 4.03. The Morgan fingerprint density at radius 1 is 1.07 bits per heavy atom. The molecule has 0 fully saturated rings. The SMILES string of the molecule is Cc1cc2ccnc(Nc3cccnc3)c2c(=O)n1-c1ccc(F)cc1F. The summed E-state index contributed by atoms with van der Waals surface area (Å²) in [5.74, 6) is -1.18. The number of pyridine rings is 3. The fourth-order valence-electron chi connectivity index (χ4n) is 3.01. The monoisotopic (exact) mass is 364 g/mol. The highest BCUT2D eigenvalue weighted by Crippen LogP contribution is 2.24. The second-order valence-electron chi connectivity index (χ2n) is 6.01. The molecule has 5 nitrogen and oxygen atoms in total. The summed E-state index contributed by atoms with van der Waals surface area (Å²) in [6.07, 6.45) is 4.82. The molecule has 27 heavy (non-hydrogen) atoms. The molecular weight excluding hydrogens is 350 g/mol. The van der Waals surface area contributed by atoms with Gasteiger partial charge in [-0.25, -0.2) is 13.8 Å². The Morgan fingerprint density at radius 2 is 1.93 bits per heavy atom. The van der Waals surface area contributed by atoms with Crippen molar-refractivity contribution in [1.82, 2.24) is 14.5 Å². The van der Waals surface area contributed by atoms with Crippen LogP contribution in [0.25, 0.3) is 16.5 Å². The van der Waals surface area contributed by atoms with Crippen LogP contribution in [-0.4, -0.2) is 14.5 Å². The molecule has 0 saturated heterocycles. The Hall–Kier alpha value is -3.61. The third-order valence-corrected chi connectivity index (χ3v) is 4.19. The van der Waals surface area contributed by atoms with Crippen LogP contribution in [0, 0.1) is 18.6 Å². The van der Waals surface area contributed by atoms with E-state index in [1.165, 1.54) is 10.6 Å². The van der Waals surface area contributed by atoms with Crippen LogP contribution >= 0.6 is 0 Å². The highest BCUT2D eigenvalue weighted by Gasteiger charge is 2.16. The molecular formula is C20H14F2N4O. The van der Waals surface area contributed by atoms with Gasteiger partial charge < -0.3 is 5.32 Å². The Labute approximate surface area is 153 Å². The molecule has 0 aliphatic heterocycles. The first-order chi connectivity index (χ1) is 13.0. The van der Waals surface area contributed by atoms with Crippen molar-refractivity contribution in [3.8, 4) is 5.69 Å². The maximum atomic E-state index is 14.3. The number of hydrogen-bond donors (Lipinski definition) is 1. The fraction of sp³-hybridized carbons (Fsp3) is 0.0500. The Kier molecular flexibility index (Phi) is 4.12. The predicted octanol–water partition coefficient (Wildman–Crippen LogP) is 4.11. The number of nitrogens with one attached hydrogen (secondary N) is 1. The summed E-state index contributed by atoms with van der Waals surface area (Å²) in [6.45, 7) is 1.69. The van der Waals surface area contributed by atoms with E-state index in [1.807, 2.05) is 0 Å². The lowest BCUT2D eigenvalue weighted by atomic mass is 10.1. The highest BCUT2D eigenvalue weighted by atomic mass is 19.1. The minimum Gasteiger partial charge on any atom is -0.338 e. The number of rotatable bonds is 3. The zero-order chi connectivity index (χ0) is 19.0. The molecule has 1 N–H and O–H groups in total. The van der Waals surface area contributed by atoms with E-state index in [2.05, 4.69) is 15.3 Å². The summed E-state index contributed by atoms with van der Waals surface area (Å²) in [5.41, 5.74) is 0.723. The van der Waals surface area contributed by atoms with Crippen LogP contribution in [0.4, 0.5) is 20.3 Å². The van der Waals surface area contributed by atoms with Crippen molar-refractivity contribution in [2.24, 2.45) is 0 Å². The van der Waals surface area contributed by atoms with Gasteiger partial charge in [-0.05, 0) is 48.7 Å². The Balaban J connectivity index is 1.97. The van der Waals surface area contributed by atoms with Crippen LogP contribution in [0.1, 0.15) is 5.69 Å². The maximum absolute atomic E-state index is 14.3. The lowest BCUT2D eigenvalue weighted by Gasteiger charge is -2.14. The maximum Gasteiger partial charge on any atom is 0.267 e. The number of aromatic nitrogens is 3. The molecule has 4 aromatic rings. The molecule has 0 bridgehead atoms. The number of aryl methyl sites for hydroxylation is 1. The van der Waals surface area contributed by atoms with Crippen molar-refractivity contribution < 1.29 is 8.78 Å². The molecule has 3 aromatic heterocycles. The van der Waals surface area contributed by atoms with Crippen LogP contribution in [0.15, 0.2) is 65.8 Å². The molecule has 0 spiro atoms. The standard InChI is InChI=1S/C20H14F2N4O/c1-12-9-13-6-8-24-19(25-15-3-2-7-23-11-15)18(13)20(27)26(12)17-5-4-14(21)10-16(17)22/h2-11H,1H3,(H,24,25). The molecule has 1 aromatic carbocycles. The number of fused-ring (bicyclic) bond motifs is 1. The fourth-order valence-corrected chi connectivity index (χ4v) is 3.01. The topological polar surface area (TPSA) is 59.8 Å². The van der Waals surface area contributed by atoms with E-state index in [1.54, 1.807) is 49.8 Å². The van der Waals surface area contributed by atoms with Crippen molar-refractivity contribution in [1.29, 1.82) is 0 Å². The summed E-state index contributed by atoms with van der Waals surface area (Å²) < 4.78 is 28.8. The zero-order valence-electron chi connectivity index (χ0n) is 14.3. The molecule has 0 amide bonds. The van der Waals surface area contributed by atoms with Crippen LogP contribution in [0.5, 0.6) is 0 Å². The van der Waals surface area contributed by atoms with E-state index in [9.17, 15) is 13.6 Å². The van der Waals surface area contributed by atoms with Gasteiger partial charge in [0, 0.05) is 24.2 Å². The van der Waals surface area contributed by atoms with Gasteiger partial charge in [0.1, 0.15) is 17.5 Å². The van der Waals surface area contributed by atoms with Crippen LogP contribution in [0.3, 0.4) is 0 Å². The van der Waals surface area contributed by atoms with Crippen LogP contribution < -0.4 is 10.9 Å². The summed E-state index contributed by atoms with van der Waals surface area (Å²) in [4.78, 5) is 21.5. The lowest BCUT2D eigenvalue weighted by Crippen LogP contribution is -2.22. The van der Waals surface area contributed by atoms with E-state index in [0.29, 0.717) is 28.0 Å². The van der Waals surface area contributed by atoms with Crippen molar-refractivity contribution in [3.63, 3.8) is 0 Å². The van der Waals surface area contributed by atoms with E-state index in [4.69, 9.17) is 0 Å². The molecule has 4 rings (SSSR count). The molecule has 0 aliphatic carbocycles. The van der Waals surface area contributed by atoms with Gasteiger partial charge in [-0.1, -0.05) is 0 Å². The number of nitrogens with zero attached hydrogens (tertiary/aromatic N) is 3. The van der Waals surface area contributed by atoms with Gasteiger partial charge >= 0.3 is 0 Å². The zero-order valence-corrected chi connectivity index (χ0v) is 14.3. The molecule has 134 valence electrons. The molecule has 0 radical (unpaired) electrons. The first kappa shape index (κ1) is 16.8. The van der Waals surface area contributed by atoms with Gasteiger partial charge in [0.25, 0.3) is 5.56 Å². The first-order valence-corrected chi connectivity index (χ1v) is 8.18. The Bertz CT molecular complexity index is 1210. The minimum atomic E-state index is -0.815. The number of benzene rings is 1. The first-order valence-electron chi connectivity index (χ1n) is 8.18. The van der Waals surface area contributed by atoms with E-state index < -0.39 is 17.2 Å². The lowest BCUT2D eigenvalue weighted by molar-refractivity contribution is 0.576. The quantitative estimate of drug-likeness (QED) is 0.594. The third-order valence-electron chi connectivity index (χ3n) is 4.19. The van der Waals surface area contributed by atoms with Crippen LogP contribution in [-0.2, 0) is 0 Å². The molecule has 0 aliphatic rings. The third kappa shape index (κ3) is 3.03. The second-order valence-corrected chi connectivity index (χ2v) is 6.01. The van der Waals surface area contributed by atoms with Crippen molar-refractivity contribution in [2.75, 3.05) is 5.32 Å². The largest absolute Gasteiger partial charge is 0.338 e. The van der Waals surface area contributed by atoms with Gasteiger partial charge in [0.05, 0.1) is 23.0 Å². The van der Waals surface area contributed by atoms with Gasteiger partial charge in [-0.2, -0.15) is 0 Å². The smallest absolute Gasteiger partial charge is 0.267 e. The highest BCUT2D eigenvalue weighted by molar-refractivity contribution is 5.93. The van der Waals surface area contributed by atoms with Crippen molar-refractivity contribution >= 4 is 22.3 Å². The molecule has 7 heteroatoms. The van der Waals surface area contributed by atoms with Gasteiger partial charge in [0.2, 0.25) is 0 Å². The van der Waals surface area contributed by atoms with Crippen LogP contribution in [0.2, 0.25) is 0 Å². The average Bonchev–Trinajstić information content (AvgIpc) is 2.64. The van der Waals surface area contributed by atoms with Crippen molar-refractivity contribution in [2.45, 2.75) is 6.92 Å². The molecule has 3 heterocycles. The van der Waals surface area contributed by atoms with Gasteiger partial charge in [-0.15, -0.1) is 0 Å².